The molecule has 2 aromatic rings. The van der Waals surface area contributed by atoms with Crippen LogP contribution in [0.3, 0.4) is 0 Å². The maximum atomic E-state index is 11.7. The fourth-order valence-electron chi connectivity index (χ4n) is 1.16. The van der Waals surface area contributed by atoms with Crippen LogP contribution in [0.15, 0.2) is 28.9 Å². The monoisotopic (exact) mass is 271 g/mol. The molecule has 0 aliphatic heterocycles. The fraction of sp³-hybridized carbons (Fsp3) is 0. The van der Waals surface area contributed by atoms with Gasteiger partial charge in [-0.2, -0.15) is 4.98 Å². The molecular formula is C10H7Cl2N3O2. The number of nitrogen functional groups attached to an aromatic ring is 1. The van der Waals surface area contributed by atoms with Gasteiger partial charge in [0, 0.05) is 5.69 Å². The smallest absolute Gasteiger partial charge is 0.292 e. The van der Waals surface area contributed by atoms with Gasteiger partial charge in [-0.15, -0.1) is 0 Å². The van der Waals surface area contributed by atoms with E-state index in [9.17, 15) is 4.79 Å². The number of benzene rings is 1. The number of rotatable bonds is 2. The lowest BCUT2D eigenvalue weighted by atomic mass is 10.3. The molecule has 0 radical (unpaired) electrons. The lowest BCUT2D eigenvalue weighted by molar-refractivity contribution is 0.102. The van der Waals surface area contributed by atoms with Crippen molar-refractivity contribution in [1.82, 2.24) is 4.98 Å². The number of aromatic nitrogens is 1. The maximum Gasteiger partial charge on any atom is 0.292 e. The van der Waals surface area contributed by atoms with E-state index in [1.165, 1.54) is 12.3 Å². The number of halogens is 2. The van der Waals surface area contributed by atoms with Crippen LogP contribution in [0, 0.1) is 0 Å². The minimum absolute atomic E-state index is 0.0655. The molecule has 0 saturated carbocycles. The van der Waals surface area contributed by atoms with Crippen LogP contribution in [0.4, 0.5) is 11.7 Å². The maximum absolute atomic E-state index is 11.7. The van der Waals surface area contributed by atoms with Gasteiger partial charge in [0.15, 0.2) is 5.69 Å². The lowest BCUT2D eigenvalue weighted by Gasteiger charge is -2.03. The van der Waals surface area contributed by atoms with E-state index in [0.29, 0.717) is 15.7 Å². The highest BCUT2D eigenvalue weighted by Crippen LogP contribution is 2.25. The van der Waals surface area contributed by atoms with E-state index >= 15 is 0 Å². The SMILES string of the molecule is Nc1nc(C(=O)Nc2ccc(Cl)c(Cl)c2)co1. The second-order valence-electron chi connectivity index (χ2n) is 3.15. The Morgan fingerprint density at radius 2 is 2.12 bits per heavy atom. The first-order valence-electron chi connectivity index (χ1n) is 4.53. The normalized spacial score (nSPS) is 10.2. The number of nitrogens with one attached hydrogen (secondary N) is 1. The Labute approximate surface area is 107 Å². The molecule has 88 valence electrons. The summed E-state index contributed by atoms with van der Waals surface area (Å²) in [5, 5.41) is 3.34. The number of anilines is 2. The molecule has 0 unspecified atom stereocenters. The van der Waals surface area contributed by atoms with E-state index in [1.54, 1.807) is 12.1 Å². The van der Waals surface area contributed by atoms with Gasteiger partial charge in [-0.3, -0.25) is 4.79 Å². The Morgan fingerprint density at radius 1 is 1.35 bits per heavy atom. The van der Waals surface area contributed by atoms with Gasteiger partial charge in [0.1, 0.15) is 6.26 Å². The summed E-state index contributed by atoms with van der Waals surface area (Å²) in [6, 6.07) is 4.67. The molecule has 7 heteroatoms. The zero-order valence-corrected chi connectivity index (χ0v) is 9.92. The van der Waals surface area contributed by atoms with Crippen LogP contribution < -0.4 is 11.1 Å². The first-order valence-corrected chi connectivity index (χ1v) is 5.29. The highest BCUT2D eigenvalue weighted by molar-refractivity contribution is 6.42. The van der Waals surface area contributed by atoms with Gasteiger partial charge < -0.3 is 15.5 Å². The average Bonchev–Trinajstić information content (AvgIpc) is 2.70. The number of nitrogens with zero attached hydrogens (tertiary/aromatic N) is 1. The second kappa shape index (κ2) is 4.65. The largest absolute Gasteiger partial charge is 0.431 e. The zero-order chi connectivity index (χ0) is 12.4. The third-order valence-electron chi connectivity index (χ3n) is 1.93. The number of hydrogen-bond donors (Lipinski definition) is 2. The molecule has 0 saturated heterocycles. The summed E-state index contributed by atoms with van der Waals surface area (Å²) in [4.78, 5) is 15.3. The Kier molecular flexibility index (Phi) is 3.21. The van der Waals surface area contributed by atoms with Crippen molar-refractivity contribution in [3.63, 3.8) is 0 Å². The molecule has 5 nitrogen and oxygen atoms in total. The molecule has 3 N–H and O–H groups in total. The van der Waals surface area contributed by atoms with Crippen molar-refractivity contribution < 1.29 is 9.21 Å². The van der Waals surface area contributed by atoms with Crippen LogP contribution in [0.2, 0.25) is 10.0 Å². The molecule has 0 fully saturated rings. The lowest BCUT2D eigenvalue weighted by Crippen LogP contribution is -2.12. The highest BCUT2D eigenvalue weighted by atomic mass is 35.5. The molecule has 0 atom stereocenters. The van der Waals surface area contributed by atoms with E-state index in [0.717, 1.165) is 0 Å². The predicted octanol–water partition coefficient (Wildman–Crippen LogP) is 2.82. The first kappa shape index (κ1) is 11.8. The van der Waals surface area contributed by atoms with Crippen molar-refractivity contribution in [3.8, 4) is 0 Å². The zero-order valence-electron chi connectivity index (χ0n) is 8.41. The summed E-state index contributed by atoms with van der Waals surface area (Å²) >= 11 is 11.6. The van der Waals surface area contributed by atoms with Crippen LogP contribution in [-0.2, 0) is 0 Å². The molecule has 0 bridgehead atoms. The highest BCUT2D eigenvalue weighted by Gasteiger charge is 2.11. The van der Waals surface area contributed by atoms with Crippen molar-refractivity contribution in [2.45, 2.75) is 0 Å². The summed E-state index contributed by atoms with van der Waals surface area (Å²) in [6.45, 7) is 0. The Bertz CT molecular complexity index is 568. The van der Waals surface area contributed by atoms with Gasteiger partial charge in [0.2, 0.25) is 0 Å². The van der Waals surface area contributed by atoms with Gasteiger partial charge in [-0.25, -0.2) is 0 Å². The minimum Gasteiger partial charge on any atom is -0.431 e. The fourth-order valence-corrected chi connectivity index (χ4v) is 1.46. The van der Waals surface area contributed by atoms with Crippen molar-refractivity contribution in [3.05, 3.63) is 40.2 Å². The summed E-state index contributed by atoms with van der Waals surface area (Å²) in [5.74, 6) is -0.441. The molecule has 0 aliphatic carbocycles. The van der Waals surface area contributed by atoms with Crippen molar-refractivity contribution in [2.24, 2.45) is 0 Å². The molecule has 1 aromatic carbocycles. The van der Waals surface area contributed by atoms with Crippen LogP contribution >= 0.6 is 23.2 Å². The second-order valence-corrected chi connectivity index (χ2v) is 3.97. The van der Waals surface area contributed by atoms with Gasteiger partial charge >= 0.3 is 0 Å². The molecule has 1 aromatic heterocycles. The number of carbonyl (C=O) groups is 1. The molecule has 0 spiro atoms. The standard InChI is InChI=1S/C10H7Cl2N3O2/c11-6-2-1-5(3-7(6)12)14-9(16)8-4-17-10(13)15-8/h1-4H,(H2,13,15)(H,14,16). The number of hydrogen-bond acceptors (Lipinski definition) is 4. The Balaban J connectivity index is 2.15. The van der Waals surface area contributed by atoms with Crippen LogP contribution in [0.5, 0.6) is 0 Å². The number of amides is 1. The summed E-state index contributed by atoms with van der Waals surface area (Å²) in [5.41, 5.74) is 5.85. The van der Waals surface area contributed by atoms with E-state index in [2.05, 4.69) is 10.3 Å². The van der Waals surface area contributed by atoms with Gasteiger partial charge in [0.05, 0.1) is 10.0 Å². The van der Waals surface area contributed by atoms with Crippen molar-refractivity contribution in [2.75, 3.05) is 11.1 Å². The third-order valence-corrected chi connectivity index (χ3v) is 2.67. The topological polar surface area (TPSA) is 81.1 Å². The van der Waals surface area contributed by atoms with Crippen LogP contribution in [0.25, 0.3) is 0 Å². The molecule has 1 heterocycles. The number of carbonyl (C=O) groups excluding carboxylic acids is 1. The molecule has 17 heavy (non-hydrogen) atoms. The number of oxazole rings is 1. The number of nitrogens with two attached hydrogens (primary N) is 1. The van der Waals surface area contributed by atoms with Crippen molar-refractivity contribution in [1.29, 1.82) is 0 Å². The molecule has 1 amide bonds. The van der Waals surface area contributed by atoms with E-state index in [4.69, 9.17) is 33.4 Å². The summed E-state index contributed by atoms with van der Waals surface area (Å²) in [7, 11) is 0. The first-order chi connectivity index (χ1) is 8.06. The average molecular weight is 272 g/mol. The van der Waals surface area contributed by atoms with Crippen LogP contribution in [-0.4, -0.2) is 10.9 Å². The van der Waals surface area contributed by atoms with Gasteiger partial charge in [-0.05, 0) is 18.2 Å². The molecule has 0 aliphatic rings. The third kappa shape index (κ3) is 2.69. The van der Waals surface area contributed by atoms with E-state index in [-0.39, 0.29) is 11.7 Å². The van der Waals surface area contributed by atoms with Gasteiger partial charge in [-0.1, -0.05) is 23.2 Å². The Hall–Kier alpha value is -1.72. The molecule has 2 rings (SSSR count). The van der Waals surface area contributed by atoms with E-state index < -0.39 is 5.91 Å². The van der Waals surface area contributed by atoms with Gasteiger partial charge in [0.25, 0.3) is 11.9 Å². The quantitative estimate of drug-likeness (QED) is 0.880. The molecular weight excluding hydrogens is 265 g/mol. The summed E-state index contributed by atoms with van der Waals surface area (Å²) < 4.78 is 4.72. The van der Waals surface area contributed by atoms with Crippen LogP contribution in [0.1, 0.15) is 10.5 Å². The summed E-state index contributed by atoms with van der Waals surface area (Å²) in [6.07, 6.45) is 1.17. The minimum atomic E-state index is -0.441. The van der Waals surface area contributed by atoms with Crippen molar-refractivity contribution >= 4 is 40.8 Å². The van der Waals surface area contributed by atoms with E-state index in [1.807, 2.05) is 0 Å². The Morgan fingerprint density at radius 3 is 2.71 bits per heavy atom. The predicted molar refractivity (Wildman–Crippen MR) is 65.3 cm³/mol.